The largest absolute Gasteiger partial charge is 0.494 e. The molecule has 0 bridgehead atoms. The molecule has 0 saturated heterocycles. The van der Waals surface area contributed by atoms with Gasteiger partial charge in [0.25, 0.3) is 0 Å². The predicted octanol–water partition coefficient (Wildman–Crippen LogP) is 4.16. The monoisotopic (exact) mass is 325 g/mol. The van der Waals surface area contributed by atoms with Gasteiger partial charge in [0, 0.05) is 31.2 Å². The first-order valence-corrected chi connectivity index (χ1v) is 8.93. The van der Waals surface area contributed by atoms with E-state index >= 15 is 0 Å². The molecule has 1 heterocycles. The summed E-state index contributed by atoms with van der Waals surface area (Å²) in [5, 5.41) is 0. The third-order valence-electron chi connectivity index (χ3n) is 4.27. The van der Waals surface area contributed by atoms with Crippen molar-refractivity contribution < 1.29 is 4.74 Å². The van der Waals surface area contributed by atoms with Gasteiger partial charge in [0.15, 0.2) is 0 Å². The second-order valence-electron chi connectivity index (χ2n) is 6.78. The lowest BCUT2D eigenvalue weighted by atomic mass is 10.2. The van der Waals surface area contributed by atoms with Gasteiger partial charge >= 0.3 is 0 Å². The van der Waals surface area contributed by atoms with E-state index in [4.69, 9.17) is 9.72 Å². The first-order chi connectivity index (χ1) is 11.7. The maximum Gasteiger partial charge on any atom is 0.131 e. The number of aromatic nitrogens is 2. The van der Waals surface area contributed by atoms with Crippen LogP contribution in [0.4, 0.5) is 0 Å². The third kappa shape index (κ3) is 4.54. The number of benzene rings is 1. The minimum absolute atomic E-state index is 0.363. The Morgan fingerprint density at radius 1 is 1.21 bits per heavy atom. The number of rotatable bonds is 8. The van der Waals surface area contributed by atoms with Gasteiger partial charge in [-0.15, -0.1) is 0 Å². The lowest BCUT2D eigenvalue weighted by Crippen LogP contribution is -2.25. The van der Waals surface area contributed by atoms with Crippen LogP contribution in [0.2, 0.25) is 0 Å². The Morgan fingerprint density at radius 2 is 2.04 bits per heavy atom. The molecule has 4 nitrogen and oxygen atoms in total. The second kappa shape index (κ2) is 7.75. The zero-order valence-corrected chi connectivity index (χ0v) is 14.9. The average molecular weight is 325 g/mol. The molecule has 1 saturated carbocycles. The molecule has 0 atom stereocenters. The van der Waals surface area contributed by atoms with Gasteiger partial charge in [-0.25, -0.2) is 9.97 Å². The molecule has 24 heavy (non-hydrogen) atoms. The molecule has 0 unspecified atom stereocenters. The minimum atomic E-state index is 0.363. The molecule has 2 aromatic rings. The van der Waals surface area contributed by atoms with E-state index < -0.39 is 0 Å². The summed E-state index contributed by atoms with van der Waals surface area (Å²) in [7, 11) is 0. The summed E-state index contributed by atoms with van der Waals surface area (Å²) in [5.41, 5.74) is 2.41. The second-order valence-corrected chi connectivity index (χ2v) is 6.78. The molecule has 3 rings (SSSR count). The van der Waals surface area contributed by atoms with Gasteiger partial charge < -0.3 is 4.74 Å². The Hall–Kier alpha value is -1.94. The van der Waals surface area contributed by atoms with E-state index in [1.165, 1.54) is 18.4 Å². The van der Waals surface area contributed by atoms with Gasteiger partial charge in [-0.3, -0.25) is 4.90 Å². The fourth-order valence-electron chi connectivity index (χ4n) is 2.88. The lowest BCUT2D eigenvalue weighted by Gasteiger charge is -2.22. The van der Waals surface area contributed by atoms with Crippen molar-refractivity contribution in [2.45, 2.75) is 58.7 Å². The molecule has 1 aromatic heterocycles. The van der Waals surface area contributed by atoms with Crippen LogP contribution in [-0.2, 0) is 13.1 Å². The fourth-order valence-corrected chi connectivity index (χ4v) is 2.88. The van der Waals surface area contributed by atoms with Crippen molar-refractivity contribution in [3.05, 3.63) is 53.6 Å². The summed E-state index contributed by atoms with van der Waals surface area (Å²) in [5.74, 6) is 2.25. The van der Waals surface area contributed by atoms with Crippen molar-refractivity contribution in [3.63, 3.8) is 0 Å². The van der Waals surface area contributed by atoms with E-state index in [-0.39, 0.29) is 0 Å². The highest BCUT2D eigenvalue weighted by Gasteiger charge is 2.29. The van der Waals surface area contributed by atoms with Gasteiger partial charge in [0.05, 0.1) is 12.3 Å². The third-order valence-corrected chi connectivity index (χ3v) is 4.27. The van der Waals surface area contributed by atoms with Gasteiger partial charge in [0.1, 0.15) is 11.6 Å². The number of nitrogens with zero attached hydrogens (tertiary/aromatic N) is 3. The molecule has 1 fully saturated rings. The number of hydrogen-bond acceptors (Lipinski definition) is 4. The highest BCUT2D eigenvalue weighted by atomic mass is 16.5. The standard InChI is InChI=1S/C20H27N3O/c1-4-24-19-7-5-6-16(12-19)13-23(18-8-9-18)14-17-10-11-21-20(22-17)15(2)3/h5-7,10-12,15,18H,4,8-9,13-14H2,1-3H3. The van der Waals surface area contributed by atoms with E-state index in [2.05, 4.69) is 41.9 Å². The predicted molar refractivity (Wildman–Crippen MR) is 96.0 cm³/mol. The van der Waals surface area contributed by atoms with Crippen LogP contribution < -0.4 is 4.74 Å². The molecule has 0 radical (unpaired) electrons. The Balaban J connectivity index is 1.71. The van der Waals surface area contributed by atoms with Gasteiger partial charge in [-0.05, 0) is 43.5 Å². The topological polar surface area (TPSA) is 38.2 Å². The highest BCUT2D eigenvalue weighted by molar-refractivity contribution is 5.28. The molecule has 1 aliphatic rings. The van der Waals surface area contributed by atoms with Crippen molar-refractivity contribution in [2.24, 2.45) is 0 Å². The van der Waals surface area contributed by atoms with Crippen LogP contribution in [0.3, 0.4) is 0 Å². The quantitative estimate of drug-likeness (QED) is 0.730. The summed E-state index contributed by atoms with van der Waals surface area (Å²) in [6.07, 6.45) is 4.46. The summed E-state index contributed by atoms with van der Waals surface area (Å²) in [4.78, 5) is 11.6. The molecule has 0 spiro atoms. The van der Waals surface area contributed by atoms with Crippen molar-refractivity contribution in [3.8, 4) is 5.75 Å². The Morgan fingerprint density at radius 3 is 2.75 bits per heavy atom. The van der Waals surface area contributed by atoms with Crippen LogP contribution >= 0.6 is 0 Å². The molecule has 0 N–H and O–H groups in total. The van der Waals surface area contributed by atoms with E-state index in [1.54, 1.807) is 0 Å². The Bertz CT molecular complexity index is 667. The van der Waals surface area contributed by atoms with Crippen molar-refractivity contribution >= 4 is 0 Å². The maximum absolute atomic E-state index is 5.63. The zero-order chi connectivity index (χ0) is 16.9. The smallest absolute Gasteiger partial charge is 0.131 e. The van der Waals surface area contributed by atoms with E-state index in [9.17, 15) is 0 Å². The van der Waals surface area contributed by atoms with Crippen LogP contribution in [0, 0.1) is 0 Å². The van der Waals surface area contributed by atoms with Crippen molar-refractivity contribution in [1.29, 1.82) is 0 Å². The highest BCUT2D eigenvalue weighted by Crippen LogP contribution is 2.30. The molecule has 4 heteroatoms. The molecule has 1 aliphatic carbocycles. The molecular formula is C20H27N3O. The summed E-state index contributed by atoms with van der Waals surface area (Å²) in [6.45, 7) is 8.81. The Kier molecular flexibility index (Phi) is 5.46. The summed E-state index contributed by atoms with van der Waals surface area (Å²) in [6, 6.07) is 11.1. The molecular weight excluding hydrogens is 298 g/mol. The average Bonchev–Trinajstić information content (AvgIpc) is 3.40. The van der Waals surface area contributed by atoms with E-state index in [0.717, 1.165) is 30.4 Å². The van der Waals surface area contributed by atoms with Gasteiger partial charge in [0.2, 0.25) is 0 Å². The molecule has 0 aliphatic heterocycles. The first kappa shape index (κ1) is 16.9. The van der Waals surface area contributed by atoms with Crippen LogP contribution in [0.5, 0.6) is 5.75 Å². The summed E-state index contributed by atoms with van der Waals surface area (Å²) < 4.78 is 5.63. The maximum atomic E-state index is 5.63. The molecule has 128 valence electrons. The van der Waals surface area contributed by atoms with Crippen LogP contribution in [0.25, 0.3) is 0 Å². The van der Waals surface area contributed by atoms with Gasteiger partial charge in [-0.1, -0.05) is 26.0 Å². The molecule has 0 amide bonds. The molecule has 1 aromatic carbocycles. The van der Waals surface area contributed by atoms with E-state index in [1.807, 2.05) is 25.3 Å². The number of hydrogen-bond donors (Lipinski definition) is 0. The van der Waals surface area contributed by atoms with E-state index in [0.29, 0.717) is 18.6 Å². The minimum Gasteiger partial charge on any atom is -0.494 e. The first-order valence-electron chi connectivity index (χ1n) is 8.93. The zero-order valence-electron chi connectivity index (χ0n) is 14.9. The Labute approximate surface area is 144 Å². The number of ether oxygens (including phenoxy) is 1. The van der Waals surface area contributed by atoms with Crippen molar-refractivity contribution in [1.82, 2.24) is 14.9 Å². The summed E-state index contributed by atoms with van der Waals surface area (Å²) >= 11 is 0. The SMILES string of the molecule is CCOc1cccc(CN(Cc2ccnc(C(C)C)n2)C2CC2)c1. The fraction of sp³-hybridized carbons (Fsp3) is 0.500. The van der Waals surface area contributed by atoms with Crippen LogP contribution in [-0.4, -0.2) is 27.5 Å². The normalized spacial score (nSPS) is 14.4. The van der Waals surface area contributed by atoms with Crippen molar-refractivity contribution in [2.75, 3.05) is 6.61 Å². The van der Waals surface area contributed by atoms with Crippen LogP contribution in [0.15, 0.2) is 36.5 Å². The lowest BCUT2D eigenvalue weighted by molar-refractivity contribution is 0.241. The van der Waals surface area contributed by atoms with Crippen LogP contribution in [0.1, 0.15) is 56.6 Å². The van der Waals surface area contributed by atoms with Gasteiger partial charge in [-0.2, -0.15) is 0 Å².